The third-order valence-electron chi connectivity index (χ3n) is 4.12. The Labute approximate surface area is 150 Å². The van der Waals surface area contributed by atoms with Gasteiger partial charge in [-0.05, 0) is 36.4 Å². The van der Waals surface area contributed by atoms with Crippen molar-refractivity contribution in [2.75, 3.05) is 44.2 Å². The predicted molar refractivity (Wildman–Crippen MR) is 96.4 cm³/mol. The van der Waals surface area contributed by atoms with E-state index in [-0.39, 0.29) is 18.3 Å². The van der Waals surface area contributed by atoms with Crippen molar-refractivity contribution in [1.82, 2.24) is 9.88 Å². The Bertz CT molecular complexity index is 746. The van der Waals surface area contributed by atoms with Crippen molar-refractivity contribution in [3.63, 3.8) is 0 Å². The second-order valence-electron chi connectivity index (χ2n) is 5.83. The quantitative estimate of drug-likeness (QED) is 0.500. The van der Waals surface area contributed by atoms with Crippen LogP contribution in [0.2, 0.25) is 0 Å². The Balaban J connectivity index is 1.44. The van der Waals surface area contributed by atoms with Crippen LogP contribution in [0.1, 0.15) is 0 Å². The number of benzene rings is 1. The smallest absolute Gasteiger partial charge is 0.250 e. The first-order chi connectivity index (χ1) is 12.6. The first-order valence-electron chi connectivity index (χ1n) is 8.42. The number of hydrogen-bond acceptors (Lipinski definition) is 4. The maximum Gasteiger partial charge on any atom is 0.250 e. The zero-order valence-electron chi connectivity index (χ0n) is 14.3. The molecule has 0 saturated carbocycles. The molecule has 0 aliphatic carbocycles. The van der Waals surface area contributed by atoms with Crippen LogP contribution < -0.4 is 15.4 Å². The summed E-state index contributed by atoms with van der Waals surface area (Å²) in [6.45, 7) is 3.52. The van der Waals surface area contributed by atoms with E-state index in [4.69, 9.17) is 10.5 Å². The summed E-state index contributed by atoms with van der Waals surface area (Å²) in [5, 5.41) is 0. The minimum atomic E-state index is -0.499. The summed E-state index contributed by atoms with van der Waals surface area (Å²) in [6, 6.07) is 9.27. The van der Waals surface area contributed by atoms with Gasteiger partial charge in [-0.25, -0.2) is 18.8 Å². The van der Waals surface area contributed by atoms with E-state index in [2.05, 4.69) is 14.9 Å². The van der Waals surface area contributed by atoms with Gasteiger partial charge in [-0.1, -0.05) is 0 Å². The Hall–Kier alpha value is -2.90. The fourth-order valence-corrected chi connectivity index (χ4v) is 2.73. The van der Waals surface area contributed by atoms with E-state index in [1.807, 2.05) is 4.90 Å². The van der Waals surface area contributed by atoms with Crippen LogP contribution in [0.25, 0.3) is 0 Å². The molecule has 1 aromatic heterocycles. The lowest BCUT2D eigenvalue weighted by molar-refractivity contribution is 0.296. The Kier molecular flexibility index (Phi) is 5.83. The zero-order chi connectivity index (χ0) is 18.4. The molecule has 0 unspecified atom stereocenters. The van der Waals surface area contributed by atoms with Gasteiger partial charge in [0.2, 0.25) is 5.88 Å². The highest BCUT2D eigenvalue weighted by molar-refractivity contribution is 5.78. The molecule has 2 aromatic rings. The van der Waals surface area contributed by atoms with Gasteiger partial charge in [0.05, 0.1) is 6.54 Å². The van der Waals surface area contributed by atoms with Crippen molar-refractivity contribution in [2.45, 2.75) is 0 Å². The molecule has 2 N–H and O–H groups in total. The Morgan fingerprint density at radius 1 is 1.12 bits per heavy atom. The first kappa shape index (κ1) is 17.9. The highest BCUT2D eigenvalue weighted by atomic mass is 19.1. The van der Waals surface area contributed by atoms with E-state index in [1.165, 1.54) is 30.5 Å². The number of halogens is 2. The third kappa shape index (κ3) is 4.59. The van der Waals surface area contributed by atoms with Crippen LogP contribution in [0.4, 0.5) is 14.5 Å². The lowest BCUT2D eigenvalue weighted by Gasteiger charge is -2.36. The molecule has 1 aliphatic rings. The fourth-order valence-electron chi connectivity index (χ4n) is 2.73. The minimum Gasteiger partial charge on any atom is -0.474 e. The third-order valence-corrected chi connectivity index (χ3v) is 4.12. The average molecular weight is 361 g/mol. The van der Waals surface area contributed by atoms with Crippen molar-refractivity contribution >= 4 is 11.6 Å². The molecule has 1 fully saturated rings. The largest absolute Gasteiger partial charge is 0.474 e. The maximum atomic E-state index is 13.4. The van der Waals surface area contributed by atoms with Gasteiger partial charge in [-0.2, -0.15) is 0 Å². The van der Waals surface area contributed by atoms with Crippen LogP contribution in [0, 0.1) is 11.6 Å². The molecule has 8 heteroatoms. The van der Waals surface area contributed by atoms with Crippen LogP contribution in [-0.4, -0.2) is 55.2 Å². The molecule has 0 atom stereocenters. The molecule has 26 heavy (non-hydrogen) atoms. The summed E-state index contributed by atoms with van der Waals surface area (Å²) in [4.78, 5) is 12.3. The molecular formula is C18H21F2N5O. The standard InChI is InChI=1S/C18H21F2N5O/c19-14-3-5-15(6-4-14)24-9-11-25(12-10-24)18(21)23-8-13-26-17-16(20)2-1-7-22-17/h1-7H,8-13H2,(H2,21,23). The monoisotopic (exact) mass is 361 g/mol. The van der Waals surface area contributed by atoms with E-state index in [0.717, 1.165) is 31.9 Å². The van der Waals surface area contributed by atoms with Gasteiger partial charge in [0, 0.05) is 38.1 Å². The van der Waals surface area contributed by atoms with Crippen molar-refractivity contribution in [2.24, 2.45) is 10.7 Å². The lowest BCUT2D eigenvalue weighted by Crippen LogP contribution is -2.51. The number of guanidine groups is 1. The number of nitrogens with two attached hydrogens (primary N) is 1. The normalized spacial score (nSPS) is 15.2. The molecule has 0 amide bonds. The minimum absolute atomic E-state index is 0.0332. The van der Waals surface area contributed by atoms with Crippen LogP contribution in [0.5, 0.6) is 5.88 Å². The molecule has 1 saturated heterocycles. The highest BCUT2D eigenvalue weighted by Crippen LogP contribution is 2.16. The molecule has 0 radical (unpaired) electrons. The van der Waals surface area contributed by atoms with Gasteiger partial charge in [0.15, 0.2) is 11.8 Å². The second-order valence-corrected chi connectivity index (χ2v) is 5.83. The van der Waals surface area contributed by atoms with Gasteiger partial charge in [-0.15, -0.1) is 0 Å². The van der Waals surface area contributed by atoms with Crippen LogP contribution in [-0.2, 0) is 0 Å². The number of aromatic nitrogens is 1. The number of nitrogens with zero attached hydrogens (tertiary/aromatic N) is 4. The molecule has 1 aliphatic heterocycles. The molecular weight excluding hydrogens is 340 g/mol. The van der Waals surface area contributed by atoms with E-state index in [9.17, 15) is 8.78 Å². The molecule has 0 bridgehead atoms. The Morgan fingerprint density at radius 3 is 2.54 bits per heavy atom. The van der Waals surface area contributed by atoms with Crippen molar-refractivity contribution < 1.29 is 13.5 Å². The first-order valence-corrected chi connectivity index (χ1v) is 8.42. The number of piperazine rings is 1. The molecule has 2 heterocycles. The van der Waals surface area contributed by atoms with Crippen molar-refractivity contribution in [3.05, 3.63) is 54.2 Å². The molecule has 6 nitrogen and oxygen atoms in total. The summed E-state index contributed by atoms with van der Waals surface area (Å²) in [5.41, 5.74) is 7.02. The lowest BCUT2D eigenvalue weighted by atomic mass is 10.2. The summed E-state index contributed by atoms with van der Waals surface area (Å²) < 4.78 is 31.6. The molecule has 0 spiro atoms. The van der Waals surface area contributed by atoms with Gasteiger partial charge >= 0.3 is 0 Å². The maximum absolute atomic E-state index is 13.4. The summed E-state index contributed by atoms with van der Waals surface area (Å²) >= 11 is 0. The highest BCUT2D eigenvalue weighted by Gasteiger charge is 2.18. The van der Waals surface area contributed by atoms with Gasteiger partial charge < -0.3 is 20.3 Å². The number of anilines is 1. The van der Waals surface area contributed by atoms with Crippen LogP contribution >= 0.6 is 0 Å². The van der Waals surface area contributed by atoms with E-state index in [0.29, 0.717) is 12.5 Å². The van der Waals surface area contributed by atoms with E-state index >= 15 is 0 Å². The number of rotatable bonds is 5. The molecule has 1 aromatic carbocycles. The summed E-state index contributed by atoms with van der Waals surface area (Å²) in [6.07, 6.45) is 1.47. The van der Waals surface area contributed by atoms with Gasteiger partial charge in [0.1, 0.15) is 12.4 Å². The van der Waals surface area contributed by atoms with Crippen molar-refractivity contribution in [1.29, 1.82) is 0 Å². The fraction of sp³-hybridized carbons (Fsp3) is 0.333. The molecule has 138 valence electrons. The summed E-state index contributed by atoms with van der Waals surface area (Å²) in [5.74, 6) is -0.332. The number of pyridine rings is 1. The van der Waals surface area contributed by atoms with Gasteiger partial charge in [-0.3, -0.25) is 0 Å². The van der Waals surface area contributed by atoms with Gasteiger partial charge in [0.25, 0.3) is 0 Å². The number of aliphatic imine (C=N–C) groups is 1. The van der Waals surface area contributed by atoms with E-state index in [1.54, 1.807) is 12.1 Å². The SMILES string of the molecule is NC(=NCCOc1ncccc1F)N1CCN(c2ccc(F)cc2)CC1. The number of ether oxygens (including phenoxy) is 1. The Morgan fingerprint density at radius 2 is 1.85 bits per heavy atom. The van der Waals surface area contributed by atoms with Crippen molar-refractivity contribution in [3.8, 4) is 5.88 Å². The molecule has 3 rings (SSSR count). The predicted octanol–water partition coefficient (Wildman–Crippen LogP) is 1.88. The zero-order valence-corrected chi connectivity index (χ0v) is 14.3. The average Bonchev–Trinajstić information content (AvgIpc) is 2.67. The van der Waals surface area contributed by atoms with Crippen LogP contribution in [0.15, 0.2) is 47.6 Å². The van der Waals surface area contributed by atoms with E-state index < -0.39 is 5.82 Å². The number of hydrogen-bond donors (Lipinski definition) is 1. The van der Waals surface area contributed by atoms with Crippen LogP contribution in [0.3, 0.4) is 0 Å². The second kappa shape index (κ2) is 8.46. The summed E-state index contributed by atoms with van der Waals surface area (Å²) in [7, 11) is 0. The topological polar surface area (TPSA) is 67.0 Å².